The van der Waals surface area contributed by atoms with Gasteiger partial charge in [-0.15, -0.1) is 0 Å². The smallest absolute Gasteiger partial charge is 0.220 e. The van der Waals surface area contributed by atoms with Crippen molar-refractivity contribution in [1.29, 1.82) is 0 Å². The summed E-state index contributed by atoms with van der Waals surface area (Å²) >= 11 is 0. The van der Waals surface area contributed by atoms with E-state index in [0.717, 1.165) is 19.4 Å². The summed E-state index contributed by atoms with van der Waals surface area (Å²) in [6.07, 6.45) is 3.08. The first-order valence-electron chi connectivity index (χ1n) is 8.76. The largest absolute Gasteiger partial charge is 0.376 e. The maximum atomic E-state index is 13.5. The lowest BCUT2D eigenvalue weighted by molar-refractivity contribution is -0.139. The van der Waals surface area contributed by atoms with Crippen molar-refractivity contribution in [1.82, 2.24) is 10.2 Å². The SMILES string of the molecule is CO[C@]1(CCC(=O)NCCc2ccccc2F)CCCN(C(C)=O)C1. The Kier molecular flexibility index (Phi) is 6.93. The molecule has 2 amide bonds. The van der Waals surface area contributed by atoms with Crippen molar-refractivity contribution in [3.63, 3.8) is 0 Å². The molecule has 1 fully saturated rings. The van der Waals surface area contributed by atoms with Crippen molar-refractivity contribution >= 4 is 11.8 Å². The molecular weight excluding hydrogens is 323 g/mol. The topological polar surface area (TPSA) is 58.6 Å². The summed E-state index contributed by atoms with van der Waals surface area (Å²) in [5.41, 5.74) is 0.146. The number of hydrogen-bond donors (Lipinski definition) is 1. The average Bonchev–Trinajstić information content (AvgIpc) is 2.62. The highest BCUT2D eigenvalue weighted by molar-refractivity contribution is 5.76. The number of piperidine rings is 1. The molecule has 1 atom stereocenters. The zero-order valence-electron chi connectivity index (χ0n) is 15.0. The minimum Gasteiger partial charge on any atom is -0.376 e. The number of nitrogens with one attached hydrogen (secondary N) is 1. The van der Waals surface area contributed by atoms with Gasteiger partial charge in [0.25, 0.3) is 0 Å². The molecule has 0 radical (unpaired) electrons. The minimum absolute atomic E-state index is 0.0375. The highest BCUT2D eigenvalue weighted by Gasteiger charge is 2.36. The molecule has 0 spiro atoms. The first-order valence-corrected chi connectivity index (χ1v) is 8.76. The van der Waals surface area contributed by atoms with E-state index in [2.05, 4.69) is 5.32 Å². The zero-order valence-corrected chi connectivity index (χ0v) is 15.0. The molecule has 1 saturated heterocycles. The van der Waals surface area contributed by atoms with Gasteiger partial charge in [-0.25, -0.2) is 4.39 Å². The molecule has 25 heavy (non-hydrogen) atoms. The highest BCUT2D eigenvalue weighted by atomic mass is 19.1. The van der Waals surface area contributed by atoms with E-state index >= 15 is 0 Å². The van der Waals surface area contributed by atoms with Crippen LogP contribution in [0, 0.1) is 5.82 Å². The number of ether oxygens (including phenoxy) is 1. The van der Waals surface area contributed by atoms with Crippen LogP contribution in [0.3, 0.4) is 0 Å². The van der Waals surface area contributed by atoms with E-state index < -0.39 is 5.60 Å². The van der Waals surface area contributed by atoms with Gasteiger partial charge in [0, 0.05) is 40.1 Å². The molecule has 138 valence electrons. The van der Waals surface area contributed by atoms with Gasteiger partial charge in [-0.05, 0) is 37.3 Å². The van der Waals surface area contributed by atoms with Crippen LogP contribution in [0.1, 0.15) is 38.2 Å². The van der Waals surface area contributed by atoms with E-state index in [4.69, 9.17) is 4.74 Å². The number of carbonyl (C=O) groups excluding carboxylic acids is 2. The van der Waals surface area contributed by atoms with Crippen LogP contribution >= 0.6 is 0 Å². The van der Waals surface area contributed by atoms with Crippen molar-refractivity contribution < 1.29 is 18.7 Å². The summed E-state index contributed by atoms with van der Waals surface area (Å²) in [4.78, 5) is 25.5. The van der Waals surface area contributed by atoms with Crippen LogP contribution in [-0.4, -0.2) is 49.1 Å². The molecule has 0 bridgehead atoms. The summed E-state index contributed by atoms with van der Waals surface area (Å²) in [6.45, 7) is 3.23. The molecule has 1 aliphatic heterocycles. The lowest BCUT2D eigenvalue weighted by Gasteiger charge is -2.41. The Morgan fingerprint density at radius 1 is 1.36 bits per heavy atom. The van der Waals surface area contributed by atoms with E-state index in [9.17, 15) is 14.0 Å². The predicted molar refractivity (Wildman–Crippen MR) is 93.6 cm³/mol. The van der Waals surface area contributed by atoms with Gasteiger partial charge in [-0.1, -0.05) is 18.2 Å². The van der Waals surface area contributed by atoms with Gasteiger partial charge in [-0.2, -0.15) is 0 Å². The lowest BCUT2D eigenvalue weighted by atomic mass is 9.87. The fraction of sp³-hybridized carbons (Fsp3) is 0.579. The Morgan fingerprint density at radius 2 is 2.12 bits per heavy atom. The number of hydrogen-bond acceptors (Lipinski definition) is 3. The summed E-state index contributed by atoms with van der Waals surface area (Å²) < 4.78 is 19.2. The number of likely N-dealkylation sites (tertiary alicyclic amines) is 1. The number of nitrogens with zero attached hydrogens (tertiary/aromatic N) is 1. The summed E-state index contributed by atoms with van der Waals surface area (Å²) in [7, 11) is 1.64. The second-order valence-corrected chi connectivity index (χ2v) is 6.62. The highest BCUT2D eigenvalue weighted by Crippen LogP contribution is 2.29. The molecule has 1 aromatic carbocycles. The van der Waals surface area contributed by atoms with Gasteiger partial charge in [0.1, 0.15) is 5.82 Å². The van der Waals surface area contributed by atoms with Crippen molar-refractivity contribution in [3.8, 4) is 0 Å². The molecule has 0 aromatic heterocycles. The van der Waals surface area contributed by atoms with Gasteiger partial charge in [-0.3, -0.25) is 9.59 Å². The molecule has 1 aliphatic rings. The van der Waals surface area contributed by atoms with E-state index in [1.165, 1.54) is 6.07 Å². The predicted octanol–water partition coefficient (Wildman–Crippen LogP) is 2.29. The monoisotopic (exact) mass is 350 g/mol. The lowest BCUT2D eigenvalue weighted by Crippen LogP contribution is -2.51. The van der Waals surface area contributed by atoms with Crippen LogP contribution in [0.4, 0.5) is 4.39 Å². The first kappa shape index (κ1) is 19.4. The number of halogens is 1. The number of benzene rings is 1. The van der Waals surface area contributed by atoms with Crippen LogP contribution in [0.2, 0.25) is 0 Å². The normalized spacial score (nSPS) is 20.4. The molecule has 0 saturated carbocycles. The molecule has 1 heterocycles. The number of carbonyl (C=O) groups is 2. The van der Waals surface area contributed by atoms with Crippen molar-refractivity contribution in [2.24, 2.45) is 0 Å². The van der Waals surface area contributed by atoms with E-state index in [-0.39, 0.29) is 17.6 Å². The standard InChI is InChI=1S/C19H27FN2O3/c1-15(23)22-13-5-10-19(14-22,25-2)11-8-18(24)21-12-9-16-6-3-4-7-17(16)20/h3-4,6-7H,5,8-14H2,1-2H3,(H,21,24)/t19-/m0/s1. The Hall–Kier alpha value is -1.95. The number of methoxy groups -OCH3 is 1. The van der Waals surface area contributed by atoms with Gasteiger partial charge >= 0.3 is 0 Å². The first-order chi connectivity index (χ1) is 12.0. The summed E-state index contributed by atoms with van der Waals surface area (Å²) in [6, 6.07) is 6.58. The van der Waals surface area contributed by atoms with E-state index in [1.54, 1.807) is 37.1 Å². The molecule has 2 rings (SSSR count). The zero-order chi connectivity index (χ0) is 18.3. The Morgan fingerprint density at radius 3 is 2.80 bits per heavy atom. The summed E-state index contributed by atoms with van der Waals surface area (Å²) in [5.74, 6) is -0.287. The Balaban J connectivity index is 1.78. The molecule has 5 nitrogen and oxygen atoms in total. The van der Waals surface area contributed by atoms with Gasteiger partial charge < -0.3 is 15.0 Å². The Labute approximate surface area is 148 Å². The molecule has 0 unspecified atom stereocenters. The van der Waals surface area contributed by atoms with Gasteiger partial charge in [0.2, 0.25) is 11.8 Å². The maximum absolute atomic E-state index is 13.5. The molecule has 0 aliphatic carbocycles. The second kappa shape index (κ2) is 8.94. The van der Waals surface area contributed by atoms with Gasteiger partial charge in [0.15, 0.2) is 0 Å². The maximum Gasteiger partial charge on any atom is 0.220 e. The quantitative estimate of drug-likeness (QED) is 0.821. The third kappa shape index (κ3) is 5.53. The van der Waals surface area contributed by atoms with Crippen molar-refractivity contribution in [2.45, 2.75) is 44.6 Å². The molecule has 1 aromatic rings. The molecule has 1 N–H and O–H groups in total. The third-order valence-electron chi connectivity index (χ3n) is 4.90. The van der Waals surface area contributed by atoms with Crippen LogP contribution in [0.5, 0.6) is 0 Å². The van der Waals surface area contributed by atoms with E-state index in [0.29, 0.717) is 37.9 Å². The second-order valence-electron chi connectivity index (χ2n) is 6.62. The van der Waals surface area contributed by atoms with Crippen LogP contribution in [0.25, 0.3) is 0 Å². The fourth-order valence-corrected chi connectivity index (χ4v) is 3.31. The summed E-state index contributed by atoms with van der Waals surface area (Å²) in [5, 5.41) is 2.83. The van der Waals surface area contributed by atoms with Crippen LogP contribution < -0.4 is 5.32 Å². The number of rotatable bonds is 7. The van der Waals surface area contributed by atoms with Crippen LogP contribution in [0.15, 0.2) is 24.3 Å². The van der Waals surface area contributed by atoms with Crippen molar-refractivity contribution in [2.75, 3.05) is 26.7 Å². The number of amides is 2. The van der Waals surface area contributed by atoms with E-state index in [1.807, 2.05) is 0 Å². The fourth-order valence-electron chi connectivity index (χ4n) is 3.31. The molecule has 6 heteroatoms. The van der Waals surface area contributed by atoms with Crippen LogP contribution in [-0.2, 0) is 20.7 Å². The average molecular weight is 350 g/mol. The minimum atomic E-state index is -0.452. The van der Waals surface area contributed by atoms with Gasteiger partial charge in [0.05, 0.1) is 5.60 Å². The Bertz CT molecular complexity index is 608. The third-order valence-corrected chi connectivity index (χ3v) is 4.90. The van der Waals surface area contributed by atoms with Crippen molar-refractivity contribution in [3.05, 3.63) is 35.6 Å². The molecular formula is C19H27FN2O3.